The van der Waals surface area contributed by atoms with E-state index < -0.39 is 28.3 Å². The van der Waals surface area contributed by atoms with Gasteiger partial charge in [0.05, 0.1) is 28.8 Å². The molecule has 0 saturated carbocycles. The smallest absolute Gasteiger partial charge is 0.312 e. The first-order chi connectivity index (χ1) is 20.0. The molecule has 0 saturated heterocycles. The first-order valence-electron chi connectivity index (χ1n) is 12.6. The molecule has 0 spiro atoms. The topological polar surface area (TPSA) is 228 Å². The van der Waals surface area contributed by atoms with E-state index in [9.17, 15) is 24.5 Å². The van der Waals surface area contributed by atoms with Gasteiger partial charge in [-0.2, -0.15) is 5.10 Å². The summed E-state index contributed by atoms with van der Waals surface area (Å²) in [4.78, 5) is 55.7. The second-order valence-electron chi connectivity index (χ2n) is 8.96. The van der Waals surface area contributed by atoms with Crippen LogP contribution in [0, 0.1) is 17.0 Å². The van der Waals surface area contributed by atoms with Gasteiger partial charge in [0.2, 0.25) is 17.7 Å². The number of fused-ring (bicyclic) bond motifs is 1. The second-order valence-corrected chi connectivity index (χ2v) is 8.96. The Balaban J connectivity index is 1.64. The number of rotatable bonds is 12. The first kappa shape index (κ1) is 29.2. The molecular weight excluding hydrogens is 548 g/mol. The van der Waals surface area contributed by atoms with Crippen molar-refractivity contribution in [1.82, 2.24) is 24.3 Å². The first-order valence-corrected chi connectivity index (χ1v) is 12.6. The Hall–Kier alpha value is -5.80. The summed E-state index contributed by atoms with van der Waals surface area (Å²) in [5, 5.41) is 21.4. The van der Waals surface area contributed by atoms with E-state index in [2.05, 4.69) is 25.7 Å². The van der Waals surface area contributed by atoms with Gasteiger partial charge in [0.1, 0.15) is 17.0 Å². The fourth-order valence-corrected chi connectivity index (χ4v) is 4.22. The molecule has 6 N–H and O–H groups in total. The molecular formula is C26H28N10O6. The number of nitrogens with zero attached hydrogens (tertiary/aromatic N) is 6. The second kappa shape index (κ2) is 12.2. The van der Waals surface area contributed by atoms with Gasteiger partial charge >= 0.3 is 5.69 Å². The molecule has 3 amide bonds. The van der Waals surface area contributed by atoms with Crippen LogP contribution >= 0.6 is 0 Å². The number of hydrogen-bond acceptors (Lipinski definition) is 10. The van der Waals surface area contributed by atoms with Crippen molar-refractivity contribution in [1.29, 1.82) is 0 Å². The number of nitro groups is 1. The SMILES string of the molecule is CCn1nc(C)cc1C(=O)Nc1nc2cc(C(N)=O)cc(OC)c2n1C/C=C/CNc1ncc(C(N)=O)cc1[N+](=O)[O-]. The maximum absolute atomic E-state index is 13.2. The number of amides is 3. The Bertz CT molecular complexity index is 1740. The van der Waals surface area contributed by atoms with E-state index in [1.165, 1.54) is 19.2 Å². The van der Waals surface area contributed by atoms with Gasteiger partial charge in [-0.25, -0.2) is 9.97 Å². The number of nitrogens with two attached hydrogens (primary N) is 2. The summed E-state index contributed by atoms with van der Waals surface area (Å²) in [7, 11) is 1.43. The van der Waals surface area contributed by atoms with Gasteiger partial charge in [0.15, 0.2) is 0 Å². The number of primary amides is 2. The van der Waals surface area contributed by atoms with Crippen molar-refractivity contribution in [3.05, 3.63) is 75.2 Å². The molecule has 0 unspecified atom stereocenters. The molecule has 0 aliphatic rings. The van der Waals surface area contributed by atoms with E-state index in [-0.39, 0.29) is 36.0 Å². The molecule has 4 rings (SSSR count). The van der Waals surface area contributed by atoms with Gasteiger partial charge < -0.3 is 26.1 Å². The molecule has 218 valence electrons. The Morgan fingerprint density at radius 3 is 2.50 bits per heavy atom. The number of pyridine rings is 1. The number of nitrogens with one attached hydrogen (secondary N) is 2. The molecule has 3 heterocycles. The summed E-state index contributed by atoms with van der Waals surface area (Å²) in [5.41, 5.74) is 12.2. The van der Waals surface area contributed by atoms with Crippen molar-refractivity contribution in [2.45, 2.75) is 26.9 Å². The van der Waals surface area contributed by atoms with Gasteiger partial charge in [0.25, 0.3) is 11.8 Å². The molecule has 4 aromatic rings. The number of carbonyl (C=O) groups is 3. The van der Waals surface area contributed by atoms with Crippen LogP contribution < -0.4 is 26.8 Å². The van der Waals surface area contributed by atoms with Crippen LogP contribution in [0.25, 0.3) is 11.0 Å². The summed E-state index contributed by atoms with van der Waals surface area (Å²) in [6.07, 6.45) is 4.56. The van der Waals surface area contributed by atoms with Gasteiger partial charge in [-0.05, 0) is 32.0 Å². The monoisotopic (exact) mass is 576 g/mol. The van der Waals surface area contributed by atoms with Gasteiger partial charge in [-0.1, -0.05) is 12.2 Å². The van der Waals surface area contributed by atoms with Gasteiger partial charge in [0, 0.05) is 37.5 Å². The normalized spacial score (nSPS) is 11.1. The summed E-state index contributed by atoms with van der Waals surface area (Å²) >= 11 is 0. The minimum atomic E-state index is -0.833. The van der Waals surface area contributed by atoms with E-state index in [1.807, 2.05) is 6.92 Å². The van der Waals surface area contributed by atoms with Crippen LogP contribution in [0.1, 0.15) is 43.8 Å². The zero-order valence-corrected chi connectivity index (χ0v) is 23.0. The van der Waals surface area contributed by atoms with Crippen molar-refractivity contribution in [3.8, 4) is 5.75 Å². The molecule has 0 bridgehead atoms. The maximum Gasteiger partial charge on any atom is 0.312 e. The van der Waals surface area contributed by atoms with Crippen LogP contribution in [-0.2, 0) is 13.1 Å². The third-order valence-electron chi connectivity index (χ3n) is 6.16. The molecule has 0 aliphatic heterocycles. The fourth-order valence-electron chi connectivity index (χ4n) is 4.22. The van der Waals surface area contributed by atoms with E-state index in [1.54, 1.807) is 34.4 Å². The average Bonchev–Trinajstić information content (AvgIpc) is 3.51. The highest BCUT2D eigenvalue weighted by Crippen LogP contribution is 2.31. The zero-order valence-electron chi connectivity index (χ0n) is 23.0. The highest BCUT2D eigenvalue weighted by Gasteiger charge is 2.21. The highest BCUT2D eigenvalue weighted by molar-refractivity contribution is 6.04. The third kappa shape index (κ3) is 6.01. The molecule has 0 fully saturated rings. The minimum absolute atomic E-state index is 0.0424. The number of aromatic nitrogens is 5. The molecule has 0 atom stereocenters. The molecule has 1 aromatic carbocycles. The van der Waals surface area contributed by atoms with Crippen molar-refractivity contribution < 1.29 is 24.0 Å². The van der Waals surface area contributed by atoms with Gasteiger partial charge in [-0.15, -0.1) is 0 Å². The zero-order chi connectivity index (χ0) is 30.6. The number of carbonyl (C=O) groups excluding carboxylic acids is 3. The lowest BCUT2D eigenvalue weighted by atomic mass is 10.1. The standard InChI is InChI=1S/C26H28N10O6/c1-4-35-19(9-14(2)33-35)25(39)32-26-31-17-10-15(22(27)37)12-20(42-3)21(17)34(26)8-6-5-7-29-24-18(36(40)41)11-16(13-30-24)23(28)38/h5-6,9-13H,4,7-8H2,1-3H3,(H2,27,37)(H2,28,38)(H,29,30)(H,31,32,39)/b6-5+. The van der Waals surface area contributed by atoms with E-state index in [0.29, 0.717) is 34.7 Å². The third-order valence-corrected chi connectivity index (χ3v) is 6.16. The molecule has 0 aliphatic carbocycles. The molecule has 0 radical (unpaired) electrons. The number of methoxy groups -OCH3 is 1. The Labute approximate surface area is 238 Å². The van der Waals surface area contributed by atoms with Crippen molar-refractivity contribution in [2.75, 3.05) is 24.3 Å². The lowest BCUT2D eigenvalue weighted by Gasteiger charge is -2.11. The lowest BCUT2D eigenvalue weighted by Crippen LogP contribution is -2.20. The molecule has 16 nitrogen and oxygen atoms in total. The van der Waals surface area contributed by atoms with Crippen LogP contribution in [0.5, 0.6) is 5.75 Å². The number of benzene rings is 1. The summed E-state index contributed by atoms with van der Waals surface area (Å²) < 4.78 is 8.76. The summed E-state index contributed by atoms with van der Waals surface area (Å²) in [5.74, 6) is -1.50. The van der Waals surface area contributed by atoms with E-state index in [0.717, 1.165) is 12.3 Å². The Morgan fingerprint density at radius 1 is 1.12 bits per heavy atom. The van der Waals surface area contributed by atoms with Crippen molar-refractivity contribution in [3.63, 3.8) is 0 Å². The summed E-state index contributed by atoms with van der Waals surface area (Å²) in [6.45, 7) is 4.45. The summed E-state index contributed by atoms with van der Waals surface area (Å²) in [6, 6.07) is 5.69. The van der Waals surface area contributed by atoms with Crippen LogP contribution in [0.3, 0.4) is 0 Å². The quantitative estimate of drug-likeness (QED) is 0.109. The van der Waals surface area contributed by atoms with Gasteiger partial charge in [-0.3, -0.25) is 34.5 Å². The Kier molecular flexibility index (Phi) is 8.45. The number of imidazole rings is 1. The van der Waals surface area contributed by atoms with Crippen LogP contribution in [-0.4, -0.2) is 60.6 Å². The van der Waals surface area contributed by atoms with Crippen molar-refractivity contribution >= 4 is 46.2 Å². The predicted octanol–water partition coefficient (Wildman–Crippen LogP) is 1.99. The van der Waals surface area contributed by atoms with Crippen LogP contribution in [0.15, 0.2) is 42.6 Å². The van der Waals surface area contributed by atoms with E-state index in [4.69, 9.17) is 16.2 Å². The number of ether oxygens (including phenoxy) is 1. The molecule has 16 heteroatoms. The highest BCUT2D eigenvalue weighted by atomic mass is 16.6. The van der Waals surface area contributed by atoms with E-state index >= 15 is 0 Å². The minimum Gasteiger partial charge on any atom is -0.494 e. The Morgan fingerprint density at radius 2 is 1.86 bits per heavy atom. The molecule has 3 aromatic heterocycles. The fraction of sp³-hybridized carbons (Fsp3) is 0.231. The molecule has 42 heavy (non-hydrogen) atoms. The van der Waals surface area contributed by atoms with Crippen LogP contribution in [0.2, 0.25) is 0 Å². The number of allylic oxidation sites excluding steroid dienone is 1. The van der Waals surface area contributed by atoms with Crippen LogP contribution in [0.4, 0.5) is 17.5 Å². The number of anilines is 2. The number of aryl methyl sites for hydroxylation is 2. The lowest BCUT2D eigenvalue weighted by molar-refractivity contribution is -0.384. The van der Waals surface area contributed by atoms with Crippen molar-refractivity contribution in [2.24, 2.45) is 11.5 Å². The predicted molar refractivity (Wildman–Crippen MR) is 152 cm³/mol. The number of hydrogen-bond donors (Lipinski definition) is 4. The maximum atomic E-state index is 13.2. The largest absolute Gasteiger partial charge is 0.494 e. The average molecular weight is 577 g/mol.